The smallest absolute Gasteiger partial charge is 0.212 e. The normalized spacial score (nSPS) is 11.9. The molecule has 1 heterocycles. The summed E-state index contributed by atoms with van der Waals surface area (Å²) in [6.45, 7) is 1.93. The summed E-state index contributed by atoms with van der Waals surface area (Å²) in [5.74, 6) is -0.682. The summed E-state index contributed by atoms with van der Waals surface area (Å²) in [5, 5.41) is 0. The molecule has 0 aliphatic heterocycles. The zero-order chi connectivity index (χ0) is 19.4. The van der Waals surface area contributed by atoms with Gasteiger partial charge in [-0.3, -0.25) is 4.79 Å². The van der Waals surface area contributed by atoms with Gasteiger partial charge >= 0.3 is 0 Å². The monoisotopic (exact) mass is 427 g/mol. The number of carbonyl (C=O) groups excluding carboxylic acids is 1. The Balaban J connectivity index is 2.00. The molecule has 0 fully saturated rings. The molecule has 0 radical (unpaired) electrons. The number of hydrogen-bond acceptors (Lipinski definition) is 3. The second-order valence-corrected chi connectivity index (χ2v) is 7.22. The number of aromatic nitrogens is 1. The molecule has 3 nitrogen and oxygen atoms in total. The molecule has 1 atom stereocenters. The fourth-order valence-electron chi connectivity index (χ4n) is 3.10. The number of pyridine rings is 1. The molecule has 27 heavy (non-hydrogen) atoms. The minimum absolute atomic E-state index is 0.0857. The zero-order valence-corrected chi connectivity index (χ0v) is 16.7. The fraction of sp³-hybridized carbons (Fsp3) is 0.182. The number of methoxy groups -OCH3 is 1. The number of Topliss-reactive ketones (excluding diaryl/α,β-unsaturated/α-hetero) is 1. The first kappa shape index (κ1) is 19.2. The molecule has 0 aliphatic rings. The van der Waals surface area contributed by atoms with Gasteiger partial charge in [0.05, 0.1) is 13.0 Å². The van der Waals surface area contributed by atoms with E-state index < -0.39 is 11.7 Å². The number of benzene rings is 2. The van der Waals surface area contributed by atoms with Crippen LogP contribution < -0.4 is 4.74 Å². The van der Waals surface area contributed by atoms with Crippen molar-refractivity contribution < 1.29 is 13.9 Å². The molecule has 0 saturated heterocycles. The Labute approximate surface area is 166 Å². The minimum atomic E-state index is -0.679. The van der Waals surface area contributed by atoms with Gasteiger partial charge in [0.1, 0.15) is 11.6 Å². The maximum Gasteiger partial charge on any atom is 0.212 e. The molecule has 3 aromatic rings. The average molecular weight is 428 g/mol. The molecule has 1 aromatic heterocycles. The Morgan fingerprint density at radius 2 is 1.93 bits per heavy atom. The van der Waals surface area contributed by atoms with Gasteiger partial charge in [0, 0.05) is 28.7 Å². The van der Waals surface area contributed by atoms with E-state index in [1.54, 1.807) is 30.5 Å². The minimum Gasteiger partial charge on any atom is -0.481 e. The number of aryl methyl sites for hydroxylation is 1. The molecular weight excluding hydrogens is 409 g/mol. The van der Waals surface area contributed by atoms with E-state index in [0.717, 1.165) is 16.7 Å². The van der Waals surface area contributed by atoms with Crippen molar-refractivity contribution in [2.24, 2.45) is 0 Å². The molecule has 5 heteroatoms. The molecule has 0 spiro atoms. The highest BCUT2D eigenvalue weighted by Crippen LogP contribution is 2.32. The third kappa shape index (κ3) is 4.42. The van der Waals surface area contributed by atoms with E-state index >= 15 is 0 Å². The maximum absolute atomic E-state index is 14.7. The van der Waals surface area contributed by atoms with E-state index in [0.29, 0.717) is 15.9 Å². The van der Waals surface area contributed by atoms with Crippen LogP contribution >= 0.6 is 15.9 Å². The lowest BCUT2D eigenvalue weighted by atomic mass is 9.83. The van der Waals surface area contributed by atoms with Crippen molar-refractivity contribution in [3.05, 3.63) is 93.3 Å². The Hall–Kier alpha value is -2.53. The summed E-state index contributed by atoms with van der Waals surface area (Å²) in [5.41, 5.74) is 2.90. The summed E-state index contributed by atoms with van der Waals surface area (Å²) < 4.78 is 20.4. The van der Waals surface area contributed by atoms with E-state index in [2.05, 4.69) is 20.9 Å². The highest BCUT2D eigenvalue weighted by atomic mass is 79.9. The lowest BCUT2D eigenvalue weighted by molar-refractivity contribution is -0.119. The van der Waals surface area contributed by atoms with Crippen LogP contribution in [0.4, 0.5) is 4.39 Å². The first-order chi connectivity index (χ1) is 13.0. The van der Waals surface area contributed by atoms with Crippen LogP contribution in [0.5, 0.6) is 5.88 Å². The van der Waals surface area contributed by atoms with Crippen LogP contribution in [0, 0.1) is 12.7 Å². The molecule has 0 saturated carbocycles. The van der Waals surface area contributed by atoms with Gasteiger partial charge in [0.2, 0.25) is 5.88 Å². The van der Waals surface area contributed by atoms with Crippen LogP contribution in [0.1, 0.15) is 28.2 Å². The molecule has 0 N–H and O–H groups in total. The summed E-state index contributed by atoms with van der Waals surface area (Å²) in [6.07, 6.45) is 1.77. The number of nitrogens with zero attached hydrogens (tertiary/aromatic N) is 1. The standard InChI is InChI=1S/C22H19BrFNO2/c1-14-5-3-4-6-17(14)22(18-9-8-16(23)12-19(18)24)20(26)11-15-7-10-21(27-2)25-13-15/h3-10,12-13,22H,11H2,1-2H3. The molecule has 2 aromatic carbocycles. The van der Waals surface area contributed by atoms with Crippen molar-refractivity contribution in [3.8, 4) is 5.88 Å². The molecule has 0 aliphatic carbocycles. The average Bonchev–Trinajstić information content (AvgIpc) is 2.66. The second kappa shape index (κ2) is 8.44. The summed E-state index contributed by atoms with van der Waals surface area (Å²) in [4.78, 5) is 17.4. The lowest BCUT2D eigenvalue weighted by Crippen LogP contribution is -2.19. The van der Waals surface area contributed by atoms with Crippen molar-refractivity contribution >= 4 is 21.7 Å². The summed E-state index contributed by atoms with van der Waals surface area (Å²) in [7, 11) is 1.54. The maximum atomic E-state index is 14.7. The molecule has 3 rings (SSSR count). The SMILES string of the molecule is COc1ccc(CC(=O)C(c2ccccc2C)c2ccc(Br)cc2F)cn1. The van der Waals surface area contributed by atoms with Crippen LogP contribution in [-0.2, 0) is 11.2 Å². The van der Waals surface area contributed by atoms with Gasteiger partial charge < -0.3 is 4.74 Å². The van der Waals surface area contributed by atoms with Crippen LogP contribution in [-0.4, -0.2) is 17.9 Å². The van der Waals surface area contributed by atoms with Gasteiger partial charge in [-0.1, -0.05) is 52.3 Å². The van der Waals surface area contributed by atoms with Crippen LogP contribution in [0.2, 0.25) is 0 Å². The Kier molecular flexibility index (Phi) is 6.01. The number of ether oxygens (including phenoxy) is 1. The molecular formula is C22H19BrFNO2. The van der Waals surface area contributed by atoms with Crippen molar-refractivity contribution in [3.63, 3.8) is 0 Å². The van der Waals surface area contributed by atoms with Crippen molar-refractivity contribution in [1.29, 1.82) is 0 Å². The number of ketones is 1. The molecule has 1 unspecified atom stereocenters. The lowest BCUT2D eigenvalue weighted by Gasteiger charge is -2.20. The predicted molar refractivity (Wildman–Crippen MR) is 107 cm³/mol. The van der Waals surface area contributed by atoms with Crippen LogP contribution in [0.3, 0.4) is 0 Å². The van der Waals surface area contributed by atoms with Crippen LogP contribution in [0.25, 0.3) is 0 Å². The summed E-state index contributed by atoms with van der Waals surface area (Å²) >= 11 is 3.28. The number of rotatable bonds is 6. The van der Waals surface area contributed by atoms with Crippen molar-refractivity contribution in [1.82, 2.24) is 4.98 Å². The molecule has 0 amide bonds. The first-order valence-corrected chi connectivity index (χ1v) is 9.31. The number of halogens is 2. The van der Waals surface area contributed by atoms with Gasteiger partial charge in [-0.05, 0) is 35.7 Å². The predicted octanol–water partition coefficient (Wildman–Crippen LogP) is 5.24. The topological polar surface area (TPSA) is 39.2 Å². The molecule has 138 valence electrons. The van der Waals surface area contributed by atoms with E-state index in [1.807, 2.05) is 31.2 Å². The quantitative estimate of drug-likeness (QED) is 0.539. The third-order valence-electron chi connectivity index (χ3n) is 4.48. The van der Waals surface area contributed by atoms with Crippen molar-refractivity contribution in [2.75, 3.05) is 7.11 Å². The third-order valence-corrected chi connectivity index (χ3v) is 4.97. The van der Waals surface area contributed by atoms with E-state index in [4.69, 9.17) is 4.74 Å². The van der Waals surface area contributed by atoms with Gasteiger partial charge in [0.15, 0.2) is 0 Å². The first-order valence-electron chi connectivity index (χ1n) is 8.51. The van der Waals surface area contributed by atoms with Gasteiger partial charge in [0.25, 0.3) is 0 Å². The van der Waals surface area contributed by atoms with E-state index in [9.17, 15) is 9.18 Å². The zero-order valence-electron chi connectivity index (χ0n) is 15.1. The summed E-state index contributed by atoms with van der Waals surface area (Å²) in [6, 6.07) is 15.9. The van der Waals surface area contributed by atoms with Gasteiger partial charge in [-0.2, -0.15) is 0 Å². The van der Waals surface area contributed by atoms with E-state index in [1.165, 1.54) is 13.2 Å². The van der Waals surface area contributed by atoms with E-state index in [-0.39, 0.29) is 12.2 Å². The molecule has 0 bridgehead atoms. The fourth-order valence-corrected chi connectivity index (χ4v) is 3.43. The Morgan fingerprint density at radius 3 is 2.56 bits per heavy atom. The number of carbonyl (C=O) groups is 1. The highest BCUT2D eigenvalue weighted by molar-refractivity contribution is 9.10. The van der Waals surface area contributed by atoms with Crippen LogP contribution in [0.15, 0.2) is 65.3 Å². The number of hydrogen-bond donors (Lipinski definition) is 0. The highest BCUT2D eigenvalue weighted by Gasteiger charge is 2.27. The second-order valence-electron chi connectivity index (χ2n) is 6.31. The Morgan fingerprint density at radius 1 is 1.15 bits per heavy atom. The van der Waals surface area contributed by atoms with Gasteiger partial charge in [-0.15, -0.1) is 0 Å². The largest absolute Gasteiger partial charge is 0.481 e. The van der Waals surface area contributed by atoms with Gasteiger partial charge in [-0.25, -0.2) is 9.37 Å². The van der Waals surface area contributed by atoms with Crippen molar-refractivity contribution in [2.45, 2.75) is 19.3 Å². The Bertz CT molecular complexity index is 957.